The SMILES string of the molecule is CCCCN(CCC[N+](C)(C)C)C(=O)CN1C[C@H](c2ccc3c(c2)CCO3)[C@@H](C(=O)O)[C@@H]1CCn1cccn1. The van der Waals surface area contributed by atoms with E-state index in [9.17, 15) is 14.7 Å². The number of nitrogens with zero attached hydrogens (tertiary/aromatic N) is 5. The number of aryl methyl sites for hydroxylation is 1. The van der Waals surface area contributed by atoms with Crippen LogP contribution in [0.15, 0.2) is 36.7 Å². The van der Waals surface area contributed by atoms with Gasteiger partial charge in [0.1, 0.15) is 5.75 Å². The number of unbranched alkanes of at least 4 members (excludes halogenated alkanes) is 1. The Hall–Kier alpha value is -2.91. The van der Waals surface area contributed by atoms with E-state index < -0.39 is 11.9 Å². The Balaban J connectivity index is 1.55. The molecule has 0 saturated carbocycles. The van der Waals surface area contributed by atoms with Crippen LogP contribution >= 0.6 is 0 Å². The number of likely N-dealkylation sites (tertiary alicyclic amines) is 1. The monoisotopic (exact) mass is 540 g/mol. The molecule has 1 amide bonds. The molecule has 0 bridgehead atoms. The summed E-state index contributed by atoms with van der Waals surface area (Å²) in [6, 6.07) is 7.73. The van der Waals surface area contributed by atoms with Crippen LogP contribution in [0.5, 0.6) is 5.75 Å². The topological polar surface area (TPSA) is 87.9 Å². The van der Waals surface area contributed by atoms with E-state index in [1.165, 1.54) is 0 Å². The van der Waals surface area contributed by atoms with Crippen molar-refractivity contribution in [3.63, 3.8) is 0 Å². The normalized spacial score (nSPS) is 21.1. The molecule has 39 heavy (non-hydrogen) atoms. The molecule has 2 aliphatic rings. The lowest BCUT2D eigenvalue weighted by atomic mass is 9.83. The zero-order valence-electron chi connectivity index (χ0n) is 24.1. The smallest absolute Gasteiger partial charge is 0.308 e. The highest BCUT2D eigenvalue weighted by Gasteiger charge is 2.47. The van der Waals surface area contributed by atoms with E-state index in [0.717, 1.165) is 66.7 Å². The number of carbonyl (C=O) groups is 2. The second kappa shape index (κ2) is 13.0. The van der Waals surface area contributed by atoms with Crippen LogP contribution in [0, 0.1) is 5.92 Å². The van der Waals surface area contributed by atoms with Gasteiger partial charge in [-0.25, -0.2) is 0 Å². The molecule has 9 heteroatoms. The van der Waals surface area contributed by atoms with Crippen molar-refractivity contribution in [1.29, 1.82) is 0 Å². The molecule has 2 aromatic rings. The average molecular weight is 541 g/mol. The molecule has 0 unspecified atom stereocenters. The number of fused-ring (bicyclic) bond motifs is 1. The van der Waals surface area contributed by atoms with E-state index in [0.29, 0.717) is 26.1 Å². The molecule has 1 saturated heterocycles. The Morgan fingerprint density at radius 2 is 2.00 bits per heavy atom. The first-order valence-electron chi connectivity index (χ1n) is 14.4. The Bertz CT molecular complexity index is 1100. The zero-order valence-corrected chi connectivity index (χ0v) is 24.1. The lowest BCUT2D eigenvalue weighted by molar-refractivity contribution is -0.870. The van der Waals surface area contributed by atoms with Crippen LogP contribution in [0.4, 0.5) is 0 Å². The van der Waals surface area contributed by atoms with E-state index in [1.54, 1.807) is 6.20 Å². The summed E-state index contributed by atoms with van der Waals surface area (Å²) >= 11 is 0. The van der Waals surface area contributed by atoms with Gasteiger partial charge in [-0.2, -0.15) is 5.10 Å². The number of quaternary nitrogens is 1. The molecule has 1 N–H and O–H groups in total. The molecule has 214 valence electrons. The molecule has 1 aromatic heterocycles. The average Bonchev–Trinajstić information content (AvgIpc) is 3.63. The molecule has 1 fully saturated rings. The van der Waals surface area contributed by atoms with Gasteiger partial charge in [-0.05, 0) is 36.1 Å². The number of carbonyl (C=O) groups excluding carboxylic acids is 1. The highest BCUT2D eigenvalue weighted by Crippen LogP contribution is 2.41. The Morgan fingerprint density at radius 1 is 1.21 bits per heavy atom. The molecule has 3 atom stereocenters. The lowest BCUT2D eigenvalue weighted by Crippen LogP contribution is -2.45. The standard InChI is InChI=1S/C30H45N5O4/c1-5-6-14-32(15-8-18-35(2,3)4)28(36)22-33-21-25(23-9-10-27-24(20-23)12-19-39-27)29(30(37)38)26(33)11-17-34-16-7-13-31-34/h7,9-10,13,16,20,25-26,29H,5-6,8,11-12,14-15,17-19,21-22H2,1-4H3/p+1/t25-,26+,29-/m1/s1. The quantitative estimate of drug-likeness (QED) is 0.371. The zero-order chi connectivity index (χ0) is 28.0. The van der Waals surface area contributed by atoms with Crippen molar-refractivity contribution >= 4 is 11.9 Å². The van der Waals surface area contributed by atoms with Gasteiger partial charge < -0.3 is 19.2 Å². The number of rotatable bonds is 14. The highest BCUT2D eigenvalue weighted by atomic mass is 16.5. The van der Waals surface area contributed by atoms with Crippen molar-refractivity contribution in [2.75, 3.05) is 60.5 Å². The van der Waals surface area contributed by atoms with Crippen LogP contribution in [-0.4, -0.2) is 108 Å². The van der Waals surface area contributed by atoms with Crippen LogP contribution < -0.4 is 4.74 Å². The summed E-state index contributed by atoms with van der Waals surface area (Å²) in [4.78, 5) is 30.6. The third-order valence-electron chi connectivity index (χ3n) is 8.12. The van der Waals surface area contributed by atoms with E-state index in [-0.39, 0.29) is 24.4 Å². The maximum atomic E-state index is 13.7. The van der Waals surface area contributed by atoms with Crippen molar-refractivity contribution in [2.24, 2.45) is 5.92 Å². The maximum absolute atomic E-state index is 13.7. The van der Waals surface area contributed by atoms with Gasteiger partial charge in [0.2, 0.25) is 5.91 Å². The highest BCUT2D eigenvalue weighted by molar-refractivity contribution is 5.79. The minimum atomic E-state index is -0.803. The maximum Gasteiger partial charge on any atom is 0.308 e. The molecule has 3 heterocycles. The number of ether oxygens (including phenoxy) is 1. The molecule has 2 aliphatic heterocycles. The third-order valence-corrected chi connectivity index (χ3v) is 8.12. The van der Waals surface area contributed by atoms with Crippen LogP contribution in [0.25, 0.3) is 0 Å². The molecule has 0 aliphatic carbocycles. The van der Waals surface area contributed by atoms with E-state index in [1.807, 2.05) is 34.0 Å². The second-order valence-electron chi connectivity index (χ2n) is 12.1. The van der Waals surface area contributed by atoms with Gasteiger partial charge in [0.15, 0.2) is 0 Å². The second-order valence-corrected chi connectivity index (χ2v) is 12.1. The summed E-state index contributed by atoms with van der Waals surface area (Å²) in [6.45, 7) is 6.69. The van der Waals surface area contributed by atoms with Crippen LogP contribution in [0.1, 0.15) is 49.7 Å². The van der Waals surface area contributed by atoms with E-state index >= 15 is 0 Å². The minimum absolute atomic E-state index is 0.0982. The molecule has 9 nitrogen and oxygen atoms in total. The number of amides is 1. The summed E-state index contributed by atoms with van der Waals surface area (Å²) in [5, 5.41) is 14.8. The molecule has 1 aromatic carbocycles. The predicted octanol–water partition coefficient (Wildman–Crippen LogP) is 3.10. The summed E-state index contributed by atoms with van der Waals surface area (Å²) in [7, 11) is 6.51. The summed E-state index contributed by atoms with van der Waals surface area (Å²) < 4.78 is 8.40. The molecule has 4 rings (SSSR count). The van der Waals surface area contributed by atoms with Crippen LogP contribution in [0.3, 0.4) is 0 Å². The van der Waals surface area contributed by atoms with Gasteiger partial charge in [0, 0.05) is 63.4 Å². The summed E-state index contributed by atoms with van der Waals surface area (Å²) in [6.07, 6.45) is 8.04. The third kappa shape index (κ3) is 7.60. The Morgan fingerprint density at radius 3 is 2.69 bits per heavy atom. The van der Waals surface area contributed by atoms with Gasteiger partial charge in [-0.15, -0.1) is 0 Å². The number of hydrogen-bond acceptors (Lipinski definition) is 5. The first kappa shape index (κ1) is 29.1. The largest absolute Gasteiger partial charge is 0.493 e. The Kier molecular flexibility index (Phi) is 9.67. The molecule has 0 radical (unpaired) electrons. The predicted molar refractivity (Wildman–Crippen MR) is 151 cm³/mol. The van der Waals surface area contributed by atoms with E-state index in [2.05, 4.69) is 44.1 Å². The van der Waals surface area contributed by atoms with Crippen LogP contribution in [0.2, 0.25) is 0 Å². The number of aromatic nitrogens is 2. The van der Waals surface area contributed by atoms with Crippen molar-refractivity contribution < 1.29 is 23.9 Å². The number of aliphatic carboxylic acids is 1. The first-order valence-corrected chi connectivity index (χ1v) is 14.4. The number of carboxylic acids is 1. The van der Waals surface area contributed by atoms with E-state index in [4.69, 9.17) is 4.74 Å². The van der Waals surface area contributed by atoms with Gasteiger partial charge in [-0.3, -0.25) is 19.2 Å². The van der Waals surface area contributed by atoms with Gasteiger partial charge in [-0.1, -0.05) is 25.5 Å². The minimum Gasteiger partial charge on any atom is -0.493 e. The lowest BCUT2D eigenvalue weighted by Gasteiger charge is -2.30. The van der Waals surface area contributed by atoms with Gasteiger partial charge >= 0.3 is 5.97 Å². The first-order chi connectivity index (χ1) is 18.7. The fourth-order valence-electron chi connectivity index (χ4n) is 6.04. The van der Waals surface area contributed by atoms with Gasteiger partial charge in [0.25, 0.3) is 0 Å². The molecule has 0 spiro atoms. The number of benzene rings is 1. The summed E-state index contributed by atoms with van der Waals surface area (Å²) in [5.74, 6) is -0.600. The number of carboxylic acid groups (broad SMARTS) is 1. The fourth-order valence-corrected chi connectivity index (χ4v) is 6.04. The fraction of sp³-hybridized carbons (Fsp3) is 0.633. The molecular formula is C30H46N5O4+. The summed E-state index contributed by atoms with van der Waals surface area (Å²) in [5.41, 5.74) is 2.17. The number of hydrogen-bond donors (Lipinski definition) is 1. The Labute approximate surface area is 232 Å². The van der Waals surface area contributed by atoms with Crippen molar-refractivity contribution in [3.05, 3.63) is 47.8 Å². The van der Waals surface area contributed by atoms with Crippen molar-refractivity contribution in [3.8, 4) is 5.75 Å². The van der Waals surface area contributed by atoms with Crippen molar-refractivity contribution in [1.82, 2.24) is 19.6 Å². The van der Waals surface area contributed by atoms with Gasteiger partial charge in [0.05, 0.1) is 46.8 Å². The van der Waals surface area contributed by atoms with Crippen molar-refractivity contribution in [2.45, 2.75) is 57.5 Å². The van der Waals surface area contributed by atoms with Crippen LogP contribution in [-0.2, 0) is 22.6 Å². The molecular weight excluding hydrogens is 494 g/mol.